The zero-order valence-corrected chi connectivity index (χ0v) is 17.8. The molecule has 9 nitrogen and oxygen atoms in total. The van der Waals surface area contributed by atoms with Gasteiger partial charge in [0, 0.05) is 57.2 Å². The second-order valence-corrected chi connectivity index (χ2v) is 7.62. The summed E-state index contributed by atoms with van der Waals surface area (Å²) in [7, 11) is 4.80. The van der Waals surface area contributed by atoms with E-state index in [0.29, 0.717) is 50.5 Å². The van der Waals surface area contributed by atoms with Gasteiger partial charge in [-0.25, -0.2) is 0 Å². The van der Waals surface area contributed by atoms with Gasteiger partial charge in [-0.05, 0) is 25.0 Å². The molecule has 2 heterocycles. The number of nitrogens with one attached hydrogen (secondary N) is 2. The largest absolute Gasteiger partial charge is 0.497 e. The molecule has 30 heavy (non-hydrogen) atoms. The summed E-state index contributed by atoms with van der Waals surface area (Å²) in [4.78, 5) is 34.1. The standard InChI is InChI=1S/C21H30N4O5/c1-23-30-20(22)14-6-8-24(9-7-14)21(27)16-10-19(26)25(13-16)12-15-4-5-17(28-2)11-18(15)29-3/h4-5,11,14,16,22-23H,6-10,12-13H2,1-3H3. The number of carbonyl (C=O) groups excluding carboxylic acids is 2. The monoisotopic (exact) mass is 418 g/mol. The summed E-state index contributed by atoms with van der Waals surface area (Å²) in [5.74, 6) is 1.24. The third-order valence-electron chi connectivity index (χ3n) is 5.81. The van der Waals surface area contributed by atoms with Crippen molar-refractivity contribution < 1.29 is 23.9 Å². The number of likely N-dealkylation sites (tertiary alicyclic amines) is 2. The van der Waals surface area contributed by atoms with Gasteiger partial charge < -0.3 is 24.1 Å². The van der Waals surface area contributed by atoms with Crippen LogP contribution in [0.2, 0.25) is 0 Å². The van der Waals surface area contributed by atoms with Crippen molar-refractivity contribution in [3.8, 4) is 11.5 Å². The lowest BCUT2D eigenvalue weighted by molar-refractivity contribution is -0.137. The number of nitrogens with zero attached hydrogens (tertiary/aromatic N) is 2. The highest BCUT2D eigenvalue weighted by Crippen LogP contribution is 2.29. The minimum Gasteiger partial charge on any atom is -0.497 e. The summed E-state index contributed by atoms with van der Waals surface area (Å²) in [5.41, 5.74) is 3.40. The third-order valence-corrected chi connectivity index (χ3v) is 5.81. The summed E-state index contributed by atoms with van der Waals surface area (Å²) in [5, 5.41) is 7.88. The summed E-state index contributed by atoms with van der Waals surface area (Å²) >= 11 is 0. The van der Waals surface area contributed by atoms with Gasteiger partial charge in [0.15, 0.2) is 0 Å². The van der Waals surface area contributed by atoms with Gasteiger partial charge in [-0.1, -0.05) is 0 Å². The summed E-state index contributed by atoms with van der Waals surface area (Å²) in [6.45, 7) is 1.97. The number of rotatable bonds is 7. The van der Waals surface area contributed by atoms with Crippen molar-refractivity contribution in [1.82, 2.24) is 15.3 Å². The van der Waals surface area contributed by atoms with E-state index < -0.39 is 0 Å². The summed E-state index contributed by atoms with van der Waals surface area (Å²) in [6.07, 6.45) is 1.62. The van der Waals surface area contributed by atoms with Crippen molar-refractivity contribution in [2.45, 2.75) is 25.8 Å². The topological polar surface area (TPSA) is 104 Å². The first-order valence-corrected chi connectivity index (χ1v) is 10.2. The molecule has 2 aliphatic heterocycles. The molecule has 0 bridgehead atoms. The molecule has 2 saturated heterocycles. The quantitative estimate of drug-likeness (QED) is 0.394. The van der Waals surface area contributed by atoms with Crippen molar-refractivity contribution in [3.05, 3.63) is 23.8 Å². The van der Waals surface area contributed by atoms with Crippen LogP contribution in [0.25, 0.3) is 0 Å². The van der Waals surface area contributed by atoms with Crippen molar-refractivity contribution in [1.29, 1.82) is 5.41 Å². The molecule has 2 fully saturated rings. The fraction of sp³-hybridized carbons (Fsp3) is 0.571. The van der Waals surface area contributed by atoms with E-state index in [2.05, 4.69) is 5.48 Å². The fourth-order valence-corrected chi connectivity index (χ4v) is 4.09. The molecule has 3 rings (SSSR count). The van der Waals surface area contributed by atoms with Crippen LogP contribution in [-0.2, 0) is 21.0 Å². The number of hydroxylamine groups is 1. The van der Waals surface area contributed by atoms with Crippen LogP contribution in [0, 0.1) is 17.2 Å². The number of piperidine rings is 1. The molecule has 0 aromatic heterocycles. The normalized spacial score (nSPS) is 19.7. The minimum atomic E-state index is -0.327. The number of hydrogen-bond acceptors (Lipinski definition) is 7. The van der Waals surface area contributed by atoms with Crippen LogP contribution in [-0.4, -0.2) is 68.4 Å². The lowest BCUT2D eigenvalue weighted by atomic mass is 9.95. The van der Waals surface area contributed by atoms with Crippen LogP contribution in [0.3, 0.4) is 0 Å². The van der Waals surface area contributed by atoms with Gasteiger partial charge in [0.1, 0.15) is 11.5 Å². The molecule has 2 aliphatic rings. The third kappa shape index (κ3) is 4.84. The fourth-order valence-electron chi connectivity index (χ4n) is 4.09. The molecule has 0 spiro atoms. The Hall–Kier alpha value is -2.81. The van der Waals surface area contributed by atoms with E-state index in [-0.39, 0.29) is 36.0 Å². The van der Waals surface area contributed by atoms with Gasteiger partial charge >= 0.3 is 0 Å². The average molecular weight is 418 g/mol. The highest BCUT2D eigenvalue weighted by Gasteiger charge is 2.38. The molecule has 1 aromatic carbocycles. The van der Waals surface area contributed by atoms with E-state index in [1.54, 1.807) is 32.2 Å². The Balaban J connectivity index is 1.57. The zero-order chi connectivity index (χ0) is 21.7. The molecule has 2 amide bonds. The molecule has 0 aliphatic carbocycles. The van der Waals surface area contributed by atoms with Crippen LogP contribution in [0.4, 0.5) is 0 Å². The minimum absolute atomic E-state index is 0.0192. The van der Waals surface area contributed by atoms with E-state index in [4.69, 9.17) is 19.7 Å². The molecule has 0 radical (unpaired) electrons. The zero-order valence-electron chi connectivity index (χ0n) is 17.8. The van der Waals surface area contributed by atoms with Gasteiger partial charge in [-0.3, -0.25) is 15.0 Å². The first kappa shape index (κ1) is 21.9. The van der Waals surface area contributed by atoms with Gasteiger partial charge in [0.2, 0.25) is 17.7 Å². The lowest BCUT2D eigenvalue weighted by Crippen LogP contribution is -2.44. The molecular weight excluding hydrogens is 388 g/mol. The lowest BCUT2D eigenvalue weighted by Gasteiger charge is -2.33. The van der Waals surface area contributed by atoms with Crippen molar-refractivity contribution in [3.63, 3.8) is 0 Å². The number of methoxy groups -OCH3 is 2. The number of carbonyl (C=O) groups is 2. The first-order valence-electron chi connectivity index (χ1n) is 10.2. The maximum absolute atomic E-state index is 13.0. The molecule has 2 N–H and O–H groups in total. The summed E-state index contributed by atoms with van der Waals surface area (Å²) < 4.78 is 10.6. The summed E-state index contributed by atoms with van der Waals surface area (Å²) in [6, 6.07) is 5.51. The van der Waals surface area contributed by atoms with E-state index in [1.807, 2.05) is 17.0 Å². The first-order chi connectivity index (χ1) is 14.5. The van der Waals surface area contributed by atoms with Crippen molar-refractivity contribution in [2.75, 3.05) is 40.9 Å². The van der Waals surface area contributed by atoms with Crippen LogP contribution in [0.1, 0.15) is 24.8 Å². The van der Waals surface area contributed by atoms with Gasteiger partial charge in [0.25, 0.3) is 0 Å². The Morgan fingerprint density at radius 2 is 1.93 bits per heavy atom. The van der Waals surface area contributed by atoms with Gasteiger partial charge in [-0.15, -0.1) is 0 Å². The second kappa shape index (κ2) is 9.80. The van der Waals surface area contributed by atoms with E-state index in [0.717, 1.165) is 5.56 Å². The Labute approximate surface area is 176 Å². The predicted molar refractivity (Wildman–Crippen MR) is 110 cm³/mol. The van der Waals surface area contributed by atoms with Gasteiger partial charge in [0.05, 0.1) is 20.1 Å². The molecular formula is C21H30N4O5. The molecule has 1 aromatic rings. The Bertz CT molecular complexity index is 792. The highest BCUT2D eigenvalue weighted by atomic mass is 16.6. The van der Waals surface area contributed by atoms with Crippen molar-refractivity contribution in [2.24, 2.45) is 11.8 Å². The average Bonchev–Trinajstić information content (AvgIpc) is 3.14. The van der Waals surface area contributed by atoms with Gasteiger partial charge in [-0.2, -0.15) is 5.48 Å². The number of benzene rings is 1. The molecule has 164 valence electrons. The second-order valence-electron chi connectivity index (χ2n) is 7.62. The maximum Gasteiger partial charge on any atom is 0.227 e. The number of amides is 2. The van der Waals surface area contributed by atoms with Crippen LogP contribution < -0.4 is 15.0 Å². The Morgan fingerprint density at radius 1 is 1.20 bits per heavy atom. The Kier molecular flexibility index (Phi) is 7.15. The highest BCUT2D eigenvalue weighted by molar-refractivity contribution is 5.89. The Morgan fingerprint density at radius 3 is 2.57 bits per heavy atom. The van der Waals surface area contributed by atoms with Crippen LogP contribution in [0.5, 0.6) is 11.5 Å². The smallest absolute Gasteiger partial charge is 0.227 e. The number of hydrogen-bond donors (Lipinski definition) is 2. The van der Waals surface area contributed by atoms with E-state index >= 15 is 0 Å². The van der Waals surface area contributed by atoms with Crippen LogP contribution >= 0.6 is 0 Å². The molecule has 9 heteroatoms. The predicted octanol–water partition coefficient (Wildman–Crippen LogP) is 1.42. The van der Waals surface area contributed by atoms with E-state index in [1.165, 1.54) is 0 Å². The maximum atomic E-state index is 13.0. The molecule has 1 atom stereocenters. The van der Waals surface area contributed by atoms with Crippen molar-refractivity contribution >= 4 is 17.7 Å². The number of ether oxygens (including phenoxy) is 2. The van der Waals surface area contributed by atoms with E-state index in [9.17, 15) is 9.59 Å². The molecule has 0 saturated carbocycles. The van der Waals surface area contributed by atoms with Crippen LogP contribution in [0.15, 0.2) is 18.2 Å². The molecule has 1 unspecified atom stereocenters. The SMILES string of the molecule is CNOC(=N)C1CCN(C(=O)C2CC(=O)N(Cc3ccc(OC)cc3OC)C2)CC1.